The Morgan fingerprint density at radius 1 is 0.781 bits per heavy atom. The molecule has 5 rings (SSSR count). The zero-order valence-corrected chi connectivity index (χ0v) is 17.6. The van der Waals surface area contributed by atoms with Gasteiger partial charge in [-0.25, -0.2) is 0 Å². The van der Waals surface area contributed by atoms with Gasteiger partial charge in [0.25, 0.3) is 5.91 Å². The van der Waals surface area contributed by atoms with Gasteiger partial charge in [-0.15, -0.1) is 0 Å². The van der Waals surface area contributed by atoms with Gasteiger partial charge in [-0.05, 0) is 40.1 Å². The van der Waals surface area contributed by atoms with E-state index in [1.165, 1.54) is 10.8 Å². The number of hydrogen-bond acceptors (Lipinski definition) is 2. The molecular weight excluding hydrogens is 396 g/mol. The van der Waals surface area contributed by atoms with Crippen molar-refractivity contribution in [2.75, 3.05) is 6.61 Å². The fourth-order valence-corrected chi connectivity index (χ4v) is 4.24. The molecule has 0 radical (unpaired) electrons. The molecule has 5 aromatic rings. The molecule has 4 heteroatoms. The van der Waals surface area contributed by atoms with Crippen molar-refractivity contribution >= 4 is 27.6 Å². The Morgan fingerprint density at radius 2 is 1.47 bits per heavy atom. The Morgan fingerprint density at radius 3 is 2.25 bits per heavy atom. The molecule has 32 heavy (non-hydrogen) atoms. The van der Waals surface area contributed by atoms with Crippen molar-refractivity contribution in [3.63, 3.8) is 0 Å². The molecule has 1 aromatic heterocycles. The second-order valence-electron chi connectivity index (χ2n) is 7.98. The van der Waals surface area contributed by atoms with E-state index in [1.807, 2.05) is 77.4 Å². The Balaban J connectivity index is 1.51. The normalized spacial score (nSPS) is 12.2. The van der Waals surface area contributed by atoms with E-state index in [-0.39, 0.29) is 12.5 Å². The zero-order chi connectivity index (χ0) is 21.9. The Labute approximate surface area is 186 Å². The first kappa shape index (κ1) is 20.0. The number of fused-ring (bicyclic) bond motifs is 2. The standard InChI is InChI=1S/C28H24N2O2/c31-19-25(22-9-2-1-3-10-22)29-28(32)27-17-24-12-6-7-13-26(24)30(27)18-20-14-15-21-8-4-5-11-23(21)16-20/h1-17,25,31H,18-19H2,(H,29,32). The Hall–Kier alpha value is -3.89. The molecule has 1 amide bonds. The number of aliphatic hydroxyl groups excluding tert-OH is 1. The van der Waals surface area contributed by atoms with Crippen LogP contribution in [-0.4, -0.2) is 22.2 Å². The lowest BCUT2D eigenvalue weighted by Gasteiger charge is -2.18. The number of para-hydroxylation sites is 1. The van der Waals surface area contributed by atoms with E-state index in [4.69, 9.17) is 0 Å². The number of nitrogens with zero attached hydrogens (tertiary/aromatic N) is 1. The molecule has 1 heterocycles. The van der Waals surface area contributed by atoms with Gasteiger partial charge in [-0.3, -0.25) is 4.79 Å². The van der Waals surface area contributed by atoms with Crippen LogP contribution in [0.15, 0.2) is 103 Å². The van der Waals surface area contributed by atoms with Gasteiger partial charge in [0.15, 0.2) is 0 Å². The van der Waals surface area contributed by atoms with Crippen molar-refractivity contribution < 1.29 is 9.90 Å². The number of hydrogen-bond donors (Lipinski definition) is 2. The zero-order valence-electron chi connectivity index (χ0n) is 17.6. The van der Waals surface area contributed by atoms with Crippen molar-refractivity contribution in [3.8, 4) is 0 Å². The molecule has 0 aliphatic heterocycles. The summed E-state index contributed by atoms with van der Waals surface area (Å²) in [7, 11) is 0. The van der Waals surface area contributed by atoms with Gasteiger partial charge in [-0.2, -0.15) is 0 Å². The molecule has 1 unspecified atom stereocenters. The fourth-order valence-electron chi connectivity index (χ4n) is 4.24. The smallest absolute Gasteiger partial charge is 0.268 e. The van der Waals surface area contributed by atoms with Gasteiger partial charge in [0.05, 0.1) is 12.6 Å². The molecule has 0 spiro atoms. The summed E-state index contributed by atoms with van der Waals surface area (Å²) < 4.78 is 2.05. The Kier molecular flexibility index (Phi) is 5.44. The number of carbonyl (C=O) groups excluding carboxylic acids is 1. The van der Waals surface area contributed by atoms with Crippen LogP contribution < -0.4 is 5.32 Å². The highest BCUT2D eigenvalue weighted by Gasteiger charge is 2.20. The third-order valence-corrected chi connectivity index (χ3v) is 5.89. The van der Waals surface area contributed by atoms with Crippen molar-refractivity contribution in [3.05, 3.63) is 120 Å². The van der Waals surface area contributed by atoms with E-state index in [2.05, 4.69) is 35.6 Å². The van der Waals surface area contributed by atoms with Gasteiger partial charge in [0, 0.05) is 17.4 Å². The van der Waals surface area contributed by atoms with Gasteiger partial charge in [-0.1, -0.05) is 84.9 Å². The lowest BCUT2D eigenvalue weighted by molar-refractivity contribution is 0.0907. The van der Waals surface area contributed by atoms with E-state index in [9.17, 15) is 9.90 Å². The van der Waals surface area contributed by atoms with Crippen molar-refractivity contribution in [2.24, 2.45) is 0 Å². The first-order chi connectivity index (χ1) is 15.7. The Bertz CT molecular complexity index is 1390. The third kappa shape index (κ3) is 3.88. The highest BCUT2D eigenvalue weighted by Crippen LogP contribution is 2.24. The molecule has 0 aliphatic carbocycles. The predicted molar refractivity (Wildman–Crippen MR) is 129 cm³/mol. The highest BCUT2D eigenvalue weighted by molar-refractivity contribution is 5.99. The molecule has 0 fully saturated rings. The van der Waals surface area contributed by atoms with Crippen LogP contribution >= 0.6 is 0 Å². The van der Waals surface area contributed by atoms with Crippen LogP contribution in [-0.2, 0) is 6.54 Å². The SMILES string of the molecule is O=C(NC(CO)c1ccccc1)c1cc2ccccc2n1Cc1ccc2ccccc2c1. The van der Waals surface area contributed by atoms with Gasteiger partial charge in [0.1, 0.15) is 5.69 Å². The maximum absolute atomic E-state index is 13.3. The molecule has 4 nitrogen and oxygen atoms in total. The largest absolute Gasteiger partial charge is 0.394 e. The topological polar surface area (TPSA) is 54.3 Å². The minimum absolute atomic E-state index is 0.166. The third-order valence-electron chi connectivity index (χ3n) is 5.89. The summed E-state index contributed by atoms with van der Waals surface area (Å²) in [5, 5.41) is 16.3. The summed E-state index contributed by atoms with van der Waals surface area (Å²) in [6.07, 6.45) is 0. The quantitative estimate of drug-likeness (QED) is 0.391. The highest BCUT2D eigenvalue weighted by atomic mass is 16.3. The molecule has 2 N–H and O–H groups in total. The minimum atomic E-state index is -0.462. The van der Waals surface area contributed by atoms with Gasteiger partial charge < -0.3 is 15.0 Å². The first-order valence-electron chi connectivity index (χ1n) is 10.8. The maximum Gasteiger partial charge on any atom is 0.268 e. The number of rotatable bonds is 6. The van der Waals surface area contributed by atoms with Gasteiger partial charge >= 0.3 is 0 Å². The summed E-state index contributed by atoms with van der Waals surface area (Å²) in [4.78, 5) is 13.3. The van der Waals surface area contributed by atoms with Crippen molar-refractivity contribution in [2.45, 2.75) is 12.6 Å². The molecule has 0 saturated heterocycles. The second kappa shape index (κ2) is 8.69. The average Bonchev–Trinajstić information content (AvgIpc) is 3.21. The van der Waals surface area contributed by atoms with E-state index in [0.717, 1.165) is 22.0 Å². The maximum atomic E-state index is 13.3. The molecule has 1 atom stereocenters. The molecule has 0 bridgehead atoms. The molecule has 0 saturated carbocycles. The number of benzene rings is 4. The van der Waals surface area contributed by atoms with Crippen molar-refractivity contribution in [1.82, 2.24) is 9.88 Å². The molecular formula is C28H24N2O2. The van der Waals surface area contributed by atoms with Gasteiger partial charge in [0.2, 0.25) is 0 Å². The minimum Gasteiger partial charge on any atom is -0.394 e. The number of nitrogens with one attached hydrogen (secondary N) is 1. The van der Waals surface area contributed by atoms with Crippen LogP contribution in [0.25, 0.3) is 21.7 Å². The number of aromatic nitrogens is 1. The van der Waals surface area contributed by atoms with Crippen molar-refractivity contribution in [1.29, 1.82) is 0 Å². The molecule has 4 aromatic carbocycles. The molecule has 0 aliphatic rings. The lowest BCUT2D eigenvalue weighted by atomic mass is 10.1. The first-order valence-corrected chi connectivity index (χ1v) is 10.8. The van der Waals surface area contributed by atoms with Crippen LogP contribution in [0.1, 0.15) is 27.7 Å². The summed E-state index contributed by atoms with van der Waals surface area (Å²) in [6, 6.07) is 33.7. The van der Waals surface area contributed by atoms with E-state index < -0.39 is 6.04 Å². The van der Waals surface area contributed by atoms with Crippen LogP contribution in [0.3, 0.4) is 0 Å². The number of amides is 1. The monoisotopic (exact) mass is 420 g/mol. The summed E-state index contributed by atoms with van der Waals surface area (Å²) in [6.45, 7) is 0.414. The van der Waals surface area contributed by atoms with E-state index >= 15 is 0 Å². The van der Waals surface area contributed by atoms with Crippen LogP contribution in [0.4, 0.5) is 0 Å². The fraction of sp³-hybridized carbons (Fsp3) is 0.107. The second-order valence-corrected chi connectivity index (χ2v) is 7.98. The molecule has 158 valence electrons. The van der Waals surface area contributed by atoms with E-state index in [0.29, 0.717) is 12.2 Å². The number of aliphatic hydroxyl groups is 1. The summed E-state index contributed by atoms with van der Waals surface area (Å²) >= 11 is 0. The van der Waals surface area contributed by atoms with Crippen LogP contribution in [0, 0.1) is 0 Å². The van der Waals surface area contributed by atoms with Crippen LogP contribution in [0.5, 0.6) is 0 Å². The van der Waals surface area contributed by atoms with Crippen LogP contribution in [0.2, 0.25) is 0 Å². The predicted octanol–water partition coefficient (Wildman–Crippen LogP) is 5.31. The lowest BCUT2D eigenvalue weighted by Crippen LogP contribution is -2.32. The average molecular weight is 421 g/mol. The summed E-state index contributed by atoms with van der Waals surface area (Å²) in [5.74, 6) is -0.204. The number of carbonyl (C=O) groups is 1. The summed E-state index contributed by atoms with van der Waals surface area (Å²) in [5.41, 5.74) is 3.58. The van der Waals surface area contributed by atoms with E-state index in [1.54, 1.807) is 0 Å².